The first-order valence-electron chi connectivity index (χ1n) is 13.5. The summed E-state index contributed by atoms with van der Waals surface area (Å²) in [5.41, 5.74) is -1.10. The van der Waals surface area contributed by atoms with Gasteiger partial charge in [0.15, 0.2) is 0 Å². The summed E-state index contributed by atoms with van der Waals surface area (Å²) in [6.07, 6.45) is 6.56. The Kier molecular flexibility index (Phi) is 9.61. The summed E-state index contributed by atoms with van der Waals surface area (Å²) < 4.78 is 23.9. The smallest absolute Gasteiger partial charge is 0.444 e. The summed E-state index contributed by atoms with van der Waals surface area (Å²) >= 11 is 0. The zero-order valence-corrected chi connectivity index (χ0v) is 25.3. The maximum Gasteiger partial charge on any atom is 0.487 e. The molecule has 2 rings (SSSR count). The summed E-state index contributed by atoms with van der Waals surface area (Å²) in [5.74, 6) is 1.60. The van der Waals surface area contributed by atoms with Crippen molar-refractivity contribution in [1.82, 2.24) is 4.90 Å². The van der Waals surface area contributed by atoms with Crippen LogP contribution >= 0.6 is 0 Å². The molecule has 2 aliphatic rings. The normalized spacial score (nSPS) is 28.2. The molecule has 5 atom stereocenters. The summed E-state index contributed by atoms with van der Waals surface area (Å²) in [6.45, 7) is 25.3. The third-order valence-corrected chi connectivity index (χ3v) is 7.63. The predicted molar refractivity (Wildman–Crippen MR) is 149 cm³/mol. The van der Waals surface area contributed by atoms with Crippen LogP contribution in [0.25, 0.3) is 0 Å². The van der Waals surface area contributed by atoms with Crippen LogP contribution in [-0.2, 0) is 18.8 Å². The van der Waals surface area contributed by atoms with Crippen LogP contribution in [0.3, 0.4) is 0 Å². The minimum absolute atomic E-state index is 0.111. The summed E-state index contributed by atoms with van der Waals surface area (Å²) in [5, 5.41) is 11.1. The van der Waals surface area contributed by atoms with Crippen molar-refractivity contribution in [2.24, 2.45) is 11.8 Å². The summed E-state index contributed by atoms with van der Waals surface area (Å²) in [7, 11) is -0.377. The molecule has 2 heterocycles. The second kappa shape index (κ2) is 11.2. The third kappa shape index (κ3) is 7.72. The van der Waals surface area contributed by atoms with E-state index in [0.717, 1.165) is 5.57 Å². The van der Waals surface area contributed by atoms with E-state index in [0.29, 0.717) is 0 Å². The van der Waals surface area contributed by atoms with Crippen LogP contribution in [0.1, 0.15) is 90.0 Å². The number of aliphatic hydroxyl groups is 1. The van der Waals surface area contributed by atoms with Crippen molar-refractivity contribution in [3.63, 3.8) is 0 Å². The van der Waals surface area contributed by atoms with Crippen molar-refractivity contribution in [2.75, 3.05) is 0 Å². The van der Waals surface area contributed by atoms with Gasteiger partial charge in [-0.2, -0.15) is 0 Å². The maximum atomic E-state index is 12.9. The van der Waals surface area contributed by atoms with Gasteiger partial charge in [0, 0.05) is 11.8 Å². The first kappa shape index (κ1) is 31.6. The lowest BCUT2D eigenvalue weighted by Crippen LogP contribution is -2.49. The van der Waals surface area contributed by atoms with E-state index in [1.165, 1.54) is 0 Å². The minimum Gasteiger partial charge on any atom is -0.444 e. The van der Waals surface area contributed by atoms with Gasteiger partial charge in [-0.25, -0.2) is 4.79 Å². The SMILES string of the molecule is CC(/C=C/[C@@H](C)[C@@H](O)[C@H](C)[C@@H]1OC(C)(C)N(C(=O)OC(C)(C)C)[C@@H]1C)=C\C=C\B1OC(C)(C)C(C)(C)O1. The average Bonchev–Trinajstić information content (AvgIpc) is 3.09. The van der Waals surface area contributed by atoms with E-state index in [-0.39, 0.29) is 42.3 Å². The molecule has 0 aromatic carbocycles. The Labute approximate surface area is 225 Å². The van der Waals surface area contributed by atoms with Crippen LogP contribution in [0.2, 0.25) is 0 Å². The van der Waals surface area contributed by atoms with Gasteiger partial charge in [0.05, 0.1) is 29.5 Å². The van der Waals surface area contributed by atoms with Gasteiger partial charge in [0.2, 0.25) is 0 Å². The highest BCUT2D eigenvalue weighted by Crippen LogP contribution is 2.39. The van der Waals surface area contributed by atoms with Crippen molar-refractivity contribution < 1.29 is 28.7 Å². The fraction of sp³-hybridized carbons (Fsp3) is 0.759. The maximum absolute atomic E-state index is 12.9. The Morgan fingerprint density at radius 1 is 1.08 bits per heavy atom. The zero-order valence-electron chi connectivity index (χ0n) is 25.3. The molecular weight excluding hydrogens is 469 g/mol. The largest absolute Gasteiger partial charge is 0.487 e. The van der Waals surface area contributed by atoms with Gasteiger partial charge in [0.1, 0.15) is 11.3 Å². The van der Waals surface area contributed by atoms with Crippen LogP contribution in [0.4, 0.5) is 4.79 Å². The Hall–Kier alpha value is -1.61. The van der Waals surface area contributed by atoms with Crippen molar-refractivity contribution in [2.45, 2.75) is 131 Å². The Morgan fingerprint density at radius 3 is 2.14 bits per heavy atom. The number of allylic oxidation sites excluding steroid dienone is 4. The fourth-order valence-electron chi connectivity index (χ4n) is 4.78. The molecule has 37 heavy (non-hydrogen) atoms. The molecule has 2 aliphatic heterocycles. The van der Waals surface area contributed by atoms with E-state index in [1.807, 2.05) is 120 Å². The highest BCUT2D eigenvalue weighted by molar-refractivity contribution is 6.51. The van der Waals surface area contributed by atoms with E-state index in [4.69, 9.17) is 18.8 Å². The quantitative estimate of drug-likeness (QED) is 0.325. The second-order valence-electron chi connectivity index (χ2n) is 13.1. The molecular formula is C29H50BNO6. The molecule has 0 bridgehead atoms. The number of nitrogens with zero attached hydrogens (tertiary/aromatic N) is 1. The number of aliphatic hydroxyl groups excluding tert-OH is 1. The molecule has 8 heteroatoms. The van der Waals surface area contributed by atoms with Gasteiger partial charge in [-0.1, -0.05) is 49.7 Å². The van der Waals surface area contributed by atoms with Gasteiger partial charge < -0.3 is 23.9 Å². The molecule has 210 valence electrons. The topological polar surface area (TPSA) is 77.5 Å². The lowest BCUT2D eigenvalue weighted by Gasteiger charge is -2.34. The molecule has 7 nitrogen and oxygen atoms in total. The van der Waals surface area contributed by atoms with E-state index >= 15 is 0 Å². The van der Waals surface area contributed by atoms with Gasteiger partial charge in [-0.3, -0.25) is 4.90 Å². The second-order valence-corrected chi connectivity index (χ2v) is 13.1. The van der Waals surface area contributed by atoms with E-state index in [1.54, 1.807) is 4.90 Å². The van der Waals surface area contributed by atoms with Gasteiger partial charge in [-0.15, -0.1) is 0 Å². The predicted octanol–water partition coefficient (Wildman–Crippen LogP) is 6.07. The minimum atomic E-state index is -0.831. The molecule has 0 unspecified atom stereocenters. The fourth-order valence-corrected chi connectivity index (χ4v) is 4.78. The number of rotatable bonds is 7. The molecule has 1 N–H and O–H groups in total. The molecule has 0 radical (unpaired) electrons. The van der Waals surface area contributed by atoms with E-state index in [2.05, 4.69) is 0 Å². The first-order valence-corrected chi connectivity index (χ1v) is 13.5. The van der Waals surface area contributed by atoms with Crippen LogP contribution in [0.5, 0.6) is 0 Å². The monoisotopic (exact) mass is 519 g/mol. The number of amides is 1. The third-order valence-electron chi connectivity index (χ3n) is 7.63. The zero-order chi connectivity index (χ0) is 28.6. The van der Waals surface area contributed by atoms with Crippen LogP contribution in [-0.4, -0.2) is 64.0 Å². The molecule has 0 aromatic heterocycles. The lowest BCUT2D eigenvalue weighted by molar-refractivity contribution is -0.101. The van der Waals surface area contributed by atoms with Crippen LogP contribution < -0.4 is 0 Å². The highest BCUT2D eigenvalue weighted by Gasteiger charge is 2.52. The van der Waals surface area contributed by atoms with Gasteiger partial charge in [-0.05, 0) is 76.2 Å². The summed E-state index contributed by atoms with van der Waals surface area (Å²) in [4.78, 5) is 14.5. The standard InChI is InChI=1S/C29H50BNO6/c1-19(15-14-18-30-36-27(8,9)28(10,11)37-30)16-17-20(2)23(32)21(3)24-22(4)31(29(12,13)34-24)25(33)35-26(5,6)7/h14-18,20-24,32H,1-13H3/b17-16+,18-14+,19-15+/t20-,21+,22-,23-,24+/m1/s1. The molecule has 0 saturated carbocycles. The highest BCUT2D eigenvalue weighted by atomic mass is 16.7. The van der Waals surface area contributed by atoms with Crippen molar-refractivity contribution in [1.29, 1.82) is 0 Å². The Bertz CT molecular complexity index is 885. The van der Waals surface area contributed by atoms with Crippen molar-refractivity contribution in [3.8, 4) is 0 Å². The lowest BCUT2D eigenvalue weighted by atomic mass is 9.86. The number of ether oxygens (including phenoxy) is 2. The number of carbonyl (C=O) groups is 1. The van der Waals surface area contributed by atoms with Crippen molar-refractivity contribution >= 4 is 13.2 Å². The Balaban J connectivity index is 2.00. The molecule has 0 aliphatic carbocycles. The molecule has 1 amide bonds. The first-order chi connectivity index (χ1) is 16.7. The molecule has 2 saturated heterocycles. The van der Waals surface area contributed by atoms with Crippen LogP contribution in [0.15, 0.2) is 35.9 Å². The summed E-state index contributed by atoms with van der Waals surface area (Å²) in [6, 6.07) is -0.243. The van der Waals surface area contributed by atoms with E-state index < -0.39 is 23.5 Å². The Morgan fingerprint density at radius 2 is 1.62 bits per heavy atom. The van der Waals surface area contributed by atoms with Gasteiger partial charge in [0.25, 0.3) is 0 Å². The number of carbonyl (C=O) groups excluding carboxylic acids is 1. The van der Waals surface area contributed by atoms with Gasteiger partial charge >= 0.3 is 13.2 Å². The number of hydrogen-bond acceptors (Lipinski definition) is 6. The molecule has 2 fully saturated rings. The van der Waals surface area contributed by atoms with Crippen LogP contribution in [0, 0.1) is 11.8 Å². The van der Waals surface area contributed by atoms with Crippen molar-refractivity contribution in [3.05, 3.63) is 35.9 Å². The molecule has 0 spiro atoms. The van der Waals surface area contributed by atoms with E-state index in [9.17, 15) is 9.90 Å². The number of hydrogen-bond donors (Lipinski definition) is 1. The molecule has 0 aromatic rings. The average molecular weight is 520 g/mol.